The molecule has 1 aromatic rings. The minimum absolute atomic E-state index is 0.0176. The van der Waals surface area contributed by atoms with Crippen molar-refractivity contribution in [1.82, 2.24) is 10.2 Å². The molecule has 20 heavy (non-hydrogen) atoms. The van der Waals surface area contributed by atoms with Crippen LogP contribution < -0.4 is 10.2 Å². The molecule has 108 valence electrons. The molecule has 1 unspecified atom stereocenters. The highest BCUT2D eigenvalue weighted by atomic mass is 16.2. The van der Waals surface area contributed by atoms with Gasteiger partial charge in [-0.1, -0.05) is 18.2 Å². The number of benzene rings is 1. The maximum Gasteiger partial charge on any atom is 0.243 e. The van der Waals surface area contributed by atoms with E-state index >= 15 is 0 Å². The molecule has 0 bridgehead atoms. The first-order chi connectivity index (χ1) is 9.59. The number of likely N-dealkylation sites (N-methyl/N-ethyl adjacent to an activating group) is 1. The Labute approximate surface area is 119 Å². The van der Waals surface area contributed by atoms with E-state index in [4.69, 9.17) is 0 Å². The second kappa shape index (κ2) is 6.52. The van der Waals surface area contributed by atoms with Gasteiger partial charge in [-0.3, -0.25) is 14.5 Å². The van der Waals surface area contributed by atoms with Gasteiger partial charge in [0, 0.05) is 25.2 Å². The monoisotopic (exact) mass is 275 g/mol. The molecular formula is C15H21N3O2. The quantitative estimate of drug-likeness (QED) is 0.867. The van der Waals surface area contributed by atoms with Crippen LogP contribution in [0.1, 0.15) is 12.8 Å². The Morgan fingerprint density at radius 1 is 1.35 bits per heavy atom. The zero-order valence-corrected chi connectivity index (χ0v) is 12.0. The van der Waals surface area contributed by atoms with Gasteiger partial charge in [0.05, 0.1) is 0 Å². The molecule has 0 aromatic heterocycles. The maximum atomic E-state index is 12.2. The van der Waals surface area contributed by atoms with Crippen LogP contribution in [0.2, 0.25) is 0 Å². The van der Waals surface area contributed by atoms with Crippen molar-refractivity contribution in [3.05, 3.63) is 30.3 Å². The molecule has 2 rings (SSSR count). The molecule has 1 N–H and O–H groups in total. The normalized spacial score (nSPS) is 18.6. The van der Waals surface area contributed by atoms with Gasteiger partial charge in [-0.05, 0) is 32.6 Å². The number of hydrogen-bond donors (Lipinski definition) is 1. The SMILES string of the molecule is CN(C)CCNC(=O)C1CCC(=O)N1c1ccccc1. The molecule has 0 saturated carbocycles. The lowest BCUT2D eigenvalue weighted by atomic mass is 10.2. The van der Waals surface area contributed by atoms with Crippen LogP contribution in [-0.4, -0.2) is 49.9 Å². The van der Waals surface area contributed by atoms with E-state index < -0.39 is 0 Å². The number of nitrogens with zero attached hydrogens (tertiary/aromatic N) is 2. The molecule has 5 nitrogen and oxygen atoms in total. The highest BCUT2D eigenvalue weighted by Gasteiger charge is 2.36. The highest BCUT2D eigenvalue weighted by molar-refractivity contribution is 6.03. The number of para-hydroxylation sites is 1. The molecule has 1 fully saturated rings. The number of nitrogens with one attached hydrogen (secondary N) is 1. The highest BCUT2D eigenvalue weighted by Crippen LogP contribution is 2.26. The molecular weight excluding hydrogens is 254 g/mol. The van der Waals surface area contributed by atoms with Gasteiger partial charge in [0.2, 0.25) is 11.8 Å². The van der Waals surface area contributed by atoms with Gasteiger partial charge in [0.25, 0.3) is 0 Å². The van der Waals surface area contributed by atoms with Crippen LogP contribution in [0.4, 0.5) is 5.69 Å². The summed E-state index contributed by atoms with van der Waals surface area (Å²) >= 11 is 0. The minimum Gasteiger partial charge on any atom is -0.353 e. The predicted molar refractivity (Wildman–Crippen MR) is 78.5 cm³/mol. The summed E-state index contributed by atoms with van der Waals surface area (Å²) in [5.41, 5.74) is 0.794. The summed E-state index contributed by atoms with van der Waals surface area (Å²) in [5, 5.41) is 2.90. The third-order valence-corrected chi connectivity index (χ3v) is 3.41. The Bertz CT molecular complexity index is 473. The summed E-state index contributed by atoms with van der Waals surface area (Å²) < 4.78 is 0. The Kier molecular flexibility index (Phi) is 4.74. The summed E-state index contributed by atoms with van der Waals surface area (Å²) in [7, 11) is 3.92. The van der Waals surface area contributed by atoms with Crippen molar-refractivity contribution in [3.63, 3.8) is 0 Å². The molecule has 1 heterocycles. The number of rotatable bonds is 5. The van der Waals surface area contributed by atoms with E-state index in [1.807, 2.05) is 49.3 Å². The van der Waals surface area contributed by atoms with Crippen molar-refractivity contribution in [2.24, 2.45) is 0 Å². The number of anilines is 1. The summed E-state index contributed by atoms with van der Waals surface area (Å²) in [5.74, 6) is -0.0505. The van der Waals surface area contributed by atoms with E-state index in [1.165, 1.54) is 0 Å². The van der Waals surface area contributed by atoms with Crippen molar-refractivity contribution in [3.8, 4) is 0 Å². The average Bonchev–Trinajstić information content (AvgIpc) is 2.81. The summed E-state index contributed by atoms with van der Waals surface area (Å²) in [4.78, 5) is 27.9. The van der Waals surface area contributed by atoms with Crippen LogP contribution in [-0.2, 0) is 9.59 Å². The molecule has 1 aliphatic heterocycles. The van der Waals surface area contributed by atoms with Gasteiger partial charge < -0.3 is 10.2 Å². The summed E-state index contributed by atoms with van der Waals surface area (Å²) in [6.07, 6.45) is 1.02. The van der Waals surface area contributed by atoms with Crippen LogP contribution in [0.3, 0.4) is 0 Å². The van der Waals surface area contributed by atoms with Gasteiger partial charge in [0.1, 0.15) is 6.04 Å². The number of amides is 2. The Balaban J connectivity index is 2.03. The molecule has 1 aliphatic rings. The number of hydrogen-bond acceptors (Lipinski definition) is 3. The van der Waals surface area contributed by atoms with Gasteiger partial charge >= 0.3 is 0 Å². The van der Waals surface area contributed by atoms with Gasteiger partial charge in [-0.15, -0.1) is 0 Å². The third-order valence-electron chi connectivity index (χ3n) is 3.41. The fraction of sp³-hybridized carbons (Fsp3) is 0.467. The molecule has 0 radical (unpaired) electrons. The van der Waals surface area contributed by atoms with Crippen LogP contribution in [0.5, 0.6) is 0 Å². The van der Waals surface area contributed by atoms with Crippen LogP contribution in [0.25, 0.3) is 0 Å². The molecule has 1 saturated heterocycles. The van der Waals surface area contributed by atoms with Gasteiger partial charge in [-0.25, -0.2) is 0 Å². The Hall–Kier alpha value is -1.88. The van der Waals surface area contributed by atoms with Crippen LogP contribution >= 0.6 is 0 Å². The third kappa shape index (κ3) is 3.36. The second-order valence-electron chi connectivity index (χ2n) is 5.25. The van der Waals surface area contributed by atoms with Gasteiger partial charge in [0.15, 0.2) is 0 Å². The molecule has 0 spiro atoms. The first kappa shape index (κ1) is 14.5. The Morgan fingerprint density at radius 3 is 2.70 bits per heavy atom. The smallest absolute Gasteiger partial charge is 0.243 e. The van der Waals surface area contributed by atoms with E-state index in [-0.39, 0.29) is 17.9 Å². The summed E-state index contributed by atoms with van der Waals surface area (Å²) in [6.45, 7) is 1.39. The van der Waals surface area contributed by atoms with Crippen LogP contribution in [0, 0.1) is 0 Å². The number of carbonyl (C=O) groups is 2. The average molecular weight is 275 g/mol. The second-order valence-corrected chi connectivity index (χ2v) is 5.25. The number of carbonyl (C=O) groups excluding carboxylic acids is 2. The zero-order valence-electron chi connectivity index (χ0n) is 12.0. The predicted octanol–water partition coefficient (Wildman–Crippen LogP) is 0.860. The molecule has 5 heteroatoms. The fourth-order valence-corrected chi connectivity index (χ4v) is 2.36. The van der Waals surface area contributed by atoms with Crippen molar-refractivity contribution in [2.45, 2.75) is 18.9 Å². The van der Waals surface area contributed by atoms with Crippen molar-refractivity contribution < 1.29 is 9.59 Å². The standard InChI is InChI=1S/C15H21N3O2/c1-17(2)11-10-16-15(20)13-8-9-14(19)18(13)12-6-4-3-5-7-12/h3-7,13H,8-11H2,1-2H3,(H,16,20). The Morgan fingerprint density at radius 2 is 2.05 bits per heavy atom. The molecule has 0 aliphatic carbocycles. The van der Waals surface area contributed by atoms with Crippen molar-refractivity contribution >= 4 is 17.5 Å². The van der Waals surface area contributed by atoms with E-state index in [2.05, 4.69) is 5.32 Å². The van der Waals surface area contributed by atoms with Crippen molar-refractivity contribution in [1.29, 1.82) is 0 Å². The molecule has 1 aromatic carbocycles. The van der Waals surface area contributed by atoms with Gasteiger partial charge in [-0.2, -0.15) is 0 Å². The summed E-state index contributed by atoms with van der Waals surface area (Å²) in [6, 6.07) is 9.00. The zero-order chi connectivity index (χ0) is 14.5. The maximum absolute atomic E-state index is 12.2. The topological polar surface area (TPSA) is 52.7 Å². The first-order valence-corrected chi connectivity index (χ1v) is 6.89. The van der Waals surface area contributed by atoms with E-state index in [9.17, 15) is 9.59 Å². The minimum atomic E-state index is -0.382. The van der Waals surface area contributed by atoms with Crippen LogP contribution in [0.15, 0.2) is 30.3 Å². The first-order valence-electron chi connectivity index (χ1n) is 6.89. The lowest BCUT2D eigenvalue weighted by Crippen LogP contribution is -2.46. The van der Waals surface area contributed by atoms with Crippen molar-refractivity contribution in [2.75, 3.05) is 32.1 Å². The molecule has 2 amide bonds. The van der Waals surface area contributed by atoms with E-state index in [0.29, 0.717) is 19.4 Å². The largest absolute Gasteiger partial charge is 0.353 e. The fourth-order valence-electron chi connectivity index (χ4n) is 2.36. The lowest BCUT2D eigenvalue weighted by molar-refractivity contribution is -0.123. The molecule has 1 atom stereocenters. The van der Waals surface area contributed by atoms with E-state index in [1.54, 1.807) is 4.90 Å². The lowest BCUT2D eigenvalue weighted by Gasteiger charge is -2.24. The van der Waals surface area contributed by atoms with E-state index in [0.717, 1.165) is 12.2 Å².